The quantitative estimate of drug-likeness (QED) is 0.786. The summed E-state index contributed by atoms with van der Waals surface area (Å²) < 4.78 is 0. The van der Waals surface area contributed by atoms with Crippen molar-refractivity contribution in [2.75, 3.05) is 6.54 Å². The van der Waals surface area contributed by atoms with Crippen molar-refractivity contribution >= 4 is 17.5 Å². The van der Waals surface area contributed by atoms with E-state index >= 15 is 0 Å². The zero-order chi connectivity index (χ0) is 16.8. The van der Waals surface area contributed by atoms with Crippen molar-refractivity contribution in [1.29, 1.82) is 0 Å². The van der Waals surface area contributed by atoms with E-state index in [1.54, 1.807) is 0 Å². The van der Waals surface area contributed by atoms with Gasteiger partial charge in [0.05, 0.1) is 0 Å². The SMILES string of the molecule is O=C(CCN(Cc1ccccc1)C1CC1)NCc1ccccc1Cl. The van der Waals surface area contributed by atoms with E-state index in [-0.39, 0.29) is 5.91 Å². The number of rotatable bonds is 8. The number of amides is 1. The van der Waals surface area contributed by atoms with Gasteiger partial charge in [-0.15, -0.1) is 0 Å². The number of nitrogens with one attached hydrogen (secondary N) is 1. The smallest absolute Gasteiger partial charge is 0.221 e. The van der Waals surface area contributed by atoms with Gasteiger partial charge in [0.25, 0.3) is 0 Å². The Labute approximate surface area is 148 Å². The largest absolute Gasteiger partial charge is 0.352 e. The second-order valence-electron chi connectivity index (χ2n) is 6.31. The summed E-state index contributed by atoms with van der Waals surface area (Å²) in [6.07, 6.45) is 3.01. The van der Waals surface area contributed by atoms with Crippen LogP contribution >= 0.6 is 11.6 Å². The minimum absolute atomic E-state index is 0.0774. The van der Waals surface area contributed by atoms with Crippen LogP contribution in [0.1, 0.15) is 30.4 Å². The second kappa shape index (κ2) is 8.32. The Morgan fingerprint density at radius 3 is 2.50 bits per heavy atom. The third-order valence-corrected chi connectivity index (χ3v) is 4.72. The second-order valence-corrected chi connectivity index (χ2v) is 6.71. The van der Waals surface area contributed by atoms with E-state index < -0.39 is 0 Å². The highest BCUT2D eigenvalue weighted by molar-refractivity contribution is 6.31. The summed E-state index contributed by atoms with van der Waals surface area (Å²) in [7, 11) is 0. The van der Waals surface area contributed by atoms with E-state index in [4.69, 9.17) is 11.6 Å². The molecule has 0 radical (unpaired) electrons. The van der Waals surface area contributed by atoms with E-state index in [1.165, 1.54) is 18.4 Å². The fraction of sp³-hybridized carbons (Fsp3) is 0.350. The molecule has 3 nitrogen and oxygen atoms in total. The summed E-state index contributed by atoms with van der Waals surface area (Å²) in [5.74, 6) is 0.0774. The number of carbonyl (C=O) groups is 1. The normalized spacial score (nSPS) is 13.9. The van der Waals surface area contributed by atoms with Gasteiger partial charge in [0, 0.05) is 37.1 Å². The fourth-order valence-electron chi connectivity index (χ4n) is 2.82. The predicted octanol–water partition coefficient (Wildman–Crippen LogP) is 4.01. The van der Waals surface area contributed by atoms with E-state index in [0.29, 0.717) is 24.0 Å². The zero-order valence-electron chi connectivity index (χ0n) is 13.7. The Hall–Kier alpha value is -1.84. The molecule has 24 heavy (non-hydrogen) atoms. The fourth-order valence-corrected chi connectivity index (χ4v) is 3.02. The first kappa shape index (κ1) is 17.0. The van der Waals surface area contributed by atoms with E-state index in [1.807, 2.05) is 30.3 Å². The molecule has 1 N–H and O–H groups in total. The molecule has 0 unspecified atom stereocenters. The number of nitrogens with zero attached hydrogens (tertiary/aromatic N) is 1. The van der Waals surface area contributed by atoms with Gasteiger partial charge in [0.2, 0.25) is 5.91 Å². The summed E-state index contributed by atoms with van der Waals surface area (Å²) in [5.41, 5.74) is 2.26. The molecule has 0 bridgehead atoms. The third-order valence-electron chi connectivity index (χ3n) is 4.35. The Morgan fingerprint density at radius 2 is 1.79 bits per heavy atom. The summed E-state index contributed by atoms with van der Waals surface area (Å²) in [4.78, 5) is 14.6. The first-order valence-electron chi connectivity index (χ1n) is 8.50. The number of hydrogen-bond acceptors (Lipinski definition) is 2. The van der Waals surface area contributed by atoms with Crippen LogP contribution in [-0.2, 0) is 17.9 Å². The lowest BCUT2D eigenvalue weighted by molar-refractivity contribution is -0.121. The van der Waals surface area contributed by atoms with Gasteiger partial charge in [0.1, 0.15) is 0 Å². The highest BCUT2D eigenvalue weighted by Gasteiger charge is 2.28. The molecule has 1 aliphatic carbocycles. The third kappa shape index (κ3) is 5.08. The Morgan fingerprint density at radius 1 is 1.08 bits per heavy atom. The van der Waals surface area contributed by atoms with E-state index in [0.717, 1.165) is 18.7 Å². The maximum Gasteiger partial charge on any atom is 0.221 e. The summed E-state index contributed by atoms with van der Waals surface area (Å²) in [6, 6.07) is 18.7. The zero-order valence-corrected chi connectivity index (χ0v) is 14.5. The van der Waals surface area contributed by atoms with Crippen LogP contribution in [0.3, 0.4) is 0 Å². The van der Waals surface area contributed by atoms with Crippen molar-refractivity contribution in [3.05, 3.63) is 70.7 Å². The van der Waals surface area contributed by atoms with Crippen molar-refractivity contribution in [1.82, 2.24) is 10.2 Å². The molecule has 1 aliphatic rings. The summed E-state index contributed by atoms with van der Waals surface area (Å²) in [5, 5.41) is 3.66. The van der Waals surface area contributed by atoms with Crippen molar-refractivity contribution in [3.63, 3.8) is 0 Å². The monoisotopic (exact) mass is 342 g/mol. The maximum absolute atomic E-state index is 12.1. The van der Waals surface area contributed by atoms with Crippen LogP contribution in [0.2, 0.25) is 5.02 Å². The van der Waals surface area contributed by atoms with Gasteiger partial charge in [0.15, 0.2) is 0 Å². The lowest BCUT2D eigenvalue weighted by Gasteiger charge is -2.21. The Kier molecular flexibility index (Phi) is 5.89. The lowest BCUT2D eigenvalue weighted by Crippen LogP contribution is -2.31. The molecule has 1 fully saturated rings. The molecule has 3 rings (SSSR count). The van der Waals surface area contributed by atoms with Crippen LogP contribution < -0.4 is 5.32 Å². The number of benzene rings is 2. The number of halogens is 1. The van der Waals surface area contributed by atoms with Gasteiger partial charge in [-0.2, -0.15) is 0 Å². The molecular weight excluding hydrogens is 320 g/mol. The molecule has 0 heterocycles. The average Bonchev–Trinajstić information content (AvgIpc) is 3.44. The molecule has 0 aliphatic heterocycles. The summed E-state index contributed by atoms with van der Waals surface area (Å²) >= 11 is 6.12. The Bertz CT molecular complexity index is 670. The highest BCUT2D eigenvalue weighted by atomic mass is 35.5. The molecule has 2 aromatic carbocycles. The number of carbonyl (C=O) groups excluding carboxylic acids is 1. The minimum Gasteiger partial charge on any atom is -0.352 e. The topological polar surface area (TPSA) is 32.3 Å². The van der Waals surface area contributed by atoms with Gasteiger partial charge in [-0.25, -0.2) is 0 Å². The van der Waals surface area contributed by atoms with Crippen LogP contribution in [-0.4, -0.2) is 23.4 Å². The molecule has 4 heteroatoms. The van der Waals surface area contributed by atoms with E-state index in [9.17, 15) is 4.79 Å². The first-order chi connectivity index (χ1) is 11.7. The molecule has 1 amide bonds. The minimum atomic E-state index is 0.0774. The lowest BCUT2D eigenvalue weighted by atomic mass is 10.2. The van der Waals surface area contributed by atoms with Crippen LogP contribution in [0.4, 0.5) is 0 Å². The Balaban J connectivity index is 1.46. The van der Waals surface area contributed by atoms with Crippen LogP contribution in [0, 0.1) is 0 Å². The van der Waals surface area contributed by atoms with Gasteiger partial charge >= 0.3 is 0 Å². The van der Waals surface area contributed by atoms with E-state index in [2.05, 4.69) is 34.5 Å². The highest BCUT2D eigenvalue weighted by Crippen LogP contribution is 2.28. The maximum atomic E-state index is 12.1. The van der Waals surface area contributed by atoms with Gasteiger partial charge in [-0.1, -0.05) is 60.1 Å². The summed E-state index contributed by atoms with van der Waals surface area (Å²) in [6.45, 7) is 2.21. The molecule has 0 aromatic heterocycles. The van der Waals surface area contributed by atoms with Crippen LogP contribution in [0.15, 0.2) is 54.6 Å². The van der Waals surface area contributed by atoms with Gasteiger partial charge in [-0.05, 0) is 30.0 Å². The first-order valence-corrected chi connectivity index (χ1v) is 8.88. The van der Waals surface area contributed by atoms with Crippen molar-refractivity contribution < 1.29 is 4.79 Å². The van der Waals surface area contributed by atoms with Crippen molar-refractivity contribution in [2.45, 2.75) is 38.4 Å². The van der Waals surface area contributed by atoms with Gasteiger partial charge in [-0.3, -0.25) is 9.69 Å². The molecule has 0 saturated heterocycles. The van der Waals surface area contributed by atoms with Crippen molar-refractivity contribution in [2.24, 2.45) is 0 Å². The molecular formula is C20H23ClN2O. The standard InChI is InChI=1S/C20H23ClN2O/c21-19-9-5-4-8-17(19)14-22-20(24)12-13-23(18-10-11-18)15-16-6-2-1-3-7-16/h1-9,18H,10-15H2,(H,22,24). The van der Waals surface area contributed by atoms with Crippen LogP contribution in [0.5, 0.6) is 0 Å². The molecule has 126 valence electrons. The van der Waals surface area contributed by atoms with Crippen LogP contribution in [0.25, 0.3) is 0 Å². The number of hydrogen-bond donors (Lipinski definition) is 1. The molecule has 1 saturated carbocycles. The molecule has 2 aromatic rings. The average molecular weight is 343 g/mol. The molecule has 0 atom stereocenters. The predicted molar refractivity (Wildman–Crippen MR) is 97.8 cm³/mol. The van der Waals surface area contributed by atoms with Gasteiger partial charge < -0.3 is 5.32 Å². The van der Waals surface area contributed by atoms with Crippen molar-refractivity contribution in [3.8, 4) is 0 Å². The molecule has 0 spiro atoms.